The Bertz CT molecular complexity index is 568. The summed E-state index contributed by atoms with van der Waals surface area (Å²) < 4.78 is 18.4. The Morgan fingerprint density at radius 2 is 2.28 bits per heavy atom. The van der Waals surface area contributed by atoms with Crippen LogP contribution in [0.2, 0.25) is 0 Å². The van der Waals surface area contributed by atoms with Gasteiger partial charge in [-0.05, 0) is 31.0 Å². The van der Waals surface area contributed by atoms with Crippen LogP contribution in [0.1, 0.15) is 30.5 Å². The third-order valence-electron chi connectivity index (χ3n) is 2.75. The zero-order valence-electron chi connectivity index (χ0n) is 9.60. The molecule has 1 saturated carbocycles. The SMILES string of the molecule is Nc1ccc(SCc2noc(C3CC3)n2)cc1F. The Hall–Kier alpha value is -1.56. The molecule has 4 nitrogen and oxygen atoms in total. The van der Waals surface area contributed by atoms with Crippen molar-refractivity contribution in [3.8, 4) is 0 Å². The minimum atomic E-state index is -0.396. The van der Waals surface area contributed by atoms with Crippen molar-refractivity contribution in [2.45, 2.75) is 29.4 Å². The lowest BCUT2D eigenvalue weighted by atomic mass is 10.3. The number of nitrogen functional groups attached to an aromatic ring is 1. The molecule has 0 radical (unpaired) electrons. The number of nitrogens with zero attached hydrogens (tertiary/aromatic N) is 2. The van der Waals surface area contributed by atoms with Crippen LogP contribution >= 0.6 is 11.8 Å². The molecule has 1 aromatic carbocycles. The van der Waals surface area contributed by atoms with Crippen LogP contribution in [0.15, 0.2) is 27.6 Å². The van der Waals surface area contributed by atoms with Gasteiger partial charge in [0.15, 0.2) is 5.82 Å². The first-order valence-electron chi connectivity index (χ1n) is 5.72. The monoisotopic (exact) mass is 265 g/mol. The second-order valence-corrected chi connectivity index (χ2v) is 5.34. The van der Waals surface area contributed by atoms with E-state index in [1.54, 1.807) is 12.1 Å². The normalized spacial score (nSPS) is 14.9. The Morgan fingerprint density at radius 1 is 1.44 bits per heavy atom. The topological polar surface area (TPSA) is 64.9 Å². The summed E-state index contributed by atoms with van der Waals surface area (Å²) in [5.41, 5.74) is 5.58. The highest BCUT2D eigenvalue weighted by atomic mass is 32.2. The number of hydrogen-bond donors (Lipinski definition) is 1. The van der Waals surface area contributed by atoms with Crippen LogP contribution < -0.4 is 5.73 Å². The Kier molecular flexibility index (Phi) is 2.95. The summed E-state index contributed by atoms with van der Waals surface area (Å²) in [6, 6.07) is 4.76. The zero-order valence-corrected chi connectivity index (χ0v) is 10.4. The zero-order chi connectivity index (χ0) is 12.5. The predicted molar refractivity (Wildman–Crippen MR) is 66.6 cm³/mol. The molecule has 94 valence electrons. The average molecular weight is 265 g/mol. The van der Waals surface area contributed by atoms with E-state index in [0.717, 1.165) is 23.6 Å². The van der Waals surface area contributed by atoms with Crippen molar-refractivity contribution in [1.82, 2.24) is 10.1 Å². The summed E-state index contributed by atoms with van der Waals surface area (Å²) in [7, 11) is 0. The quantitative estimate of drug-likeness (QED) is 0.680. The summed E-state index contributed by atoms with van der Waals surface area (Å²) in [6.07, 6.45) is 2.27. The van der Waals surface area contributed by atoms with Gasteiger partial charge in [-0.2, -0.15) is 4.98 Å². The van der Waals surface area contributed by atoms with Gasteiger partial charge in [0.2, 0.25) is 5.89 Å². The molecule has 1 aromatic heterocycles. The minimum absolute atomic E-state index is 0.162. The molecule has 2 aromatic rings. The van der Waals surface area contributed by atoms with Crippen LogP contribution in [0.3, 0.4) is 0 Å². The third-order valence-corrected chi connectivity index (χ3v) is 3.74. The molecular weight excluding hydrogens is 253 g/mol. The van der Waals surface area contributed by atoms with E-state index in [1.165, 1.54) is 17.8 Å². The molecule has 0 amide bonds. The predicted octanol–water partition coefficient (Wildman–Crippen LogP) is 2.96. The van der Waals surface area contributed by atoms with Crippen LogP contribution in [0.4, 0.5) is 10.1 Å². The summed E-state index contributed by atoms with van der Waals surface area (Å²) in [5.74, 6) is 2.02. The van der Waals surface area contributed by atoms with Crippen molar-refractivity contribution in [2.24, 2.45) is 0 Å². The van der Waals surface area contributed by atoms with Gasteiger partial charge < -0.3 is 10.3 Å². The molecule has 0 atom stereocenters. The lowest BCUT2D eigenvalue weighted by Gasteiger charge is -2.00. The summed E-state index contributed by atoms with van der Waals surface area (Å²) >= 11 is 1.46. The van der Waals surface area contributed by atoms with E-state index in [-0.39, 0.29) is 5.69 Å². The molecule has 1 aliphatic rings. The average Bonchev–Trinajstić information content (AvgIpc) is 3.11. The summed E-state index contributed by atoms with van der Waals surface area (Å²) in [6.45, 7) is 0. The van der Waals surface area contributed by atoms with E-state index in [2.05, 4.69) is 10.1 Å². The Labute approximate surface area is 108 Å². The molecule has 1 aliphatic carbocycles. The Balaban J connectivity index is 1.63. The highest BCUT2D eigenvalue weighted by molar-refractivity contribution is 7.98. The number of nitrogens with two attached hydrogens (primary N) is 1. The van der Waals surface area contributed by atoms with Gasteiger partial charge in [0.25, 0.3) is 0 Å². The molecule has 3 rings (SSSR count). The maximum Gasteiger partial charge on any atom is 0.229 e. The van der Waals surface area contributed by atoms with E-state index in [9.17, 15) is 4.39 Å². The first-order valence-corrected chi connectivity index (χ1v) is 6.71. The third kappa shape index (κ3) is 2.48. The van der Waals surface area contributed by atoms with Gasteiger partial charge in [-0.1, -0.05) is 5.16 Å². The van der Waals surface area contributed by atoms with Gasteiger partial charge >= 0.3 is 0 Å². The van der Waals surface area contributed by atoms with E-state index < -0.39 is 5.82 Å². The van der Waals surface area contributed by atoms with Crippen molar-refractivity contribution in [3.05, 3.63) is 35.7 Å². The van der Waals surface area contributed by atoms with Gasteiger partial charge in [-0.15, -0.1) is 11.8 Å². The lowest BCUT2D eigenvalue weighted by molar-refractivity contribution is 0.375. The van der Waals surface area contributed by atoms with Gasteiger partial charge in [0.05, 0.1) is 11.4 Å². The van der Waals surface area contributed by atoms with E-state index >= 15 is 0 Å². The largest absolute Gasteiger partial charge is 0.396 e. The first kappa shape index (κ1) is 11.5. The molecule has 1 fully saturated rings. The van der Waals surface area contributed by atoms with Gasteiger partial charge in [-0.25, -0.2) is 4.39 Å². The van der Waals surface area contributed by atoms with Gasteiger partial charge in [-0.3, -0.25) is 0 Å². The van der Waals surface area contributed by atoms with Crippen LogP contribution in [-0.2, 0) is 5.75 Å². The van der Waals surface area contributed by atoms with Crippen LogP contribution in [-0.4, -0.2) is 10.1 Å². The van der Waals surface area contributed by atoms with Crippen molar-refractivity contribution < 1.29 is 8.91 Å². The molecule has 0 bridgehead atoms. The smallest absolute Gasteiger partial charge is 0.229 e. The van der Waals surface area contributed by atoms with E-state index in [1.807, 2.05) is 0 Å². The molecule has 0 spiro atoms. The molecule has 0 aliphatic heterocycles. The molecule has 2 N–H and O–H groups in total. The second kappa shape index (κ2) is 4.61. The van der Waals surface area contributed by atoms with E-state index in [0.29, 0.717) is 17.5 Å². The number of anilines is 1. The number of benzene rings is 1. The number of thioether (sulfide) groups is 1. The fourth-order valence-corrected chi connectivity index (χ4v) is 2.33. The Morgan fingerprint density at radius 3 is 3.00 bits per heavy atom. The van der Waals surface area contributed by atoms with Crippen molar-refractivity contribution in [2.75, 3.05) is 5.73 Å². The van der Waals surface area contributed by atoms with Crippen molar-refractivity contribution in [3.63, 3.8) is 0 Å². The standard InChI is InChI=1S/C12H12FN3OS/c13-9-5-8(3-4-10(9)14)18-6-11-15-12(17-16-11)7-1-2-7/h3-5,7H,1-2,6,14H2. The van der Waals surface area contributed by atoms with Crippen LogP contribution in [0.25, 0.3) is 0 Å². The molecule has 0 unspecified atom stereocenters. The van der Waals surface area contributed by atoms with Gasteiger partial charge in [0, 0.05) is 10.8 Å². The van der Waals surface area contributed by atoms with Crippen molar-refractivity contribution >= 4 is 17.4 Å². The van der Waals surface area contributed by atoms with Crippen LogP contribution in [0.5, 0.6) is 0 Å². The molecule has 1 heterocycles. The van der Waals surface area contributed by atoms with Crippen molar-refractivity contribution in [1.29, 1.82) is 0 Å². The first-order chi connectivity index (χ1) is 8.72. The fraction of sp³-hybridized carbons (Fsp3) is 0.333. The molecule has 0 saturated heterocycles. The number of halogens is 1. The number of hydrogen-bond acceptors (Lipinski definition) is 5. The maximum absolute atomic E-state index is 13.2. The lowest BCUT2D eigenvalue weighted by Crippen LogP contribution is -1.90. The molecule has 18 heavy (non-hydrogen) atoms. The summed E-state index contributed by atoms with van der Waals surface area (Å²) in [5, 5.41) is 3.91. The van der Waals surface area contributed by atoms with E-state index in [4.69, 9.17) is 10.3 Å². The second-order valence-electron chi connectivity index (χ2n) is 4.30. The minimum Gasteiger partial charge on any atom is -0.396 e. The number of aromatic nitrogens is 2. The molecular formula is C12H12FN3OS. The maximum atomic E-state index is 13.2. The highest BCUT2D eigenvalue weighted by Crippen LogP contribution is 2.39. The molecule has 6 heteroatoms. The highest BCUT2D eigenvalue weighted by Gasteiger charge is 2.29. The number of rotatable bonds is 4. The van der Waals surface area contributed by atoms with Gasteiger partial charge in [0.1, 0.15) is 5.82 Å². The fourth-order valence-electron chi connectivity index (χ4n) is 1.57. The summed E-state index contributed by atoms with van der Waals surface area (Å²) in [4.78, 5) is 5.12. The van der Waals surface area contributed by atoms with Crippen LogP contribution in [0, 0.1) is 5.82 Å².